The van der Waals surface area contributed by atoms with Gasteiger partial charge < -0.3 is 9.84 Å². The number of hydrogen-bond donors (Lipinski definition) is 2. The van der Waals surface area contributed by atoms with E-state index < -0.39 is 12.1 Å². The fraction of sp³-hybridized carbons (Fsp3) is 0.182. The number of amides is 1. The van der Waals surface area contributed by atoms with Crippen LogP contribution in [0.4, 0.5) is 10.7 Å². The maximum absolute atomic E-state index is 11.4. The van der Waals surface area contributed by atoms with E-state index in [-0.39, 0.29) is 29.5 Å². The molecule has 0 bridgehead atoms. The third-order valence-corrected chi connectivity index (χ3v) is 2.36. The van der Waals surface area contributed by atoms with Crippen LogP contribution < -0.4 is 5.32 Å². The Morgan fingerprint density at radius 3 is 2.95 bits per heavy atom. The van der Waals surface area contributed by atoms with Crippen LogP contribution in [-0.4, -0.2) is 43.4 Å². The van der Waals surface area contributed by atoms with Gasteiger partial charge in [-0.15, -0.1) is 0 Å². The number of fused-ring (bicyclic) bond motifs is 1. The van der Waals surface area contributed by atoms with Crippen molar-refractivity contribution in [3.05, 3.63) is 30.2 Å². The number of aromatic carboxylic acids is 1. The van der Waals surface area contributed by atoms with Crippen LogP contribution in [0.5, 0.6) is 0 Å². The first kappa shape index (κ1) is 13.5. The Morgan fingerprint density at radius 1 is 1.55 bits per heavy atom. The maximum atomic E-state index is 11.4. The molecule has 2 heterocycles. The van der Waals surface area contributed by atoms with E-state index in [4.69, 9.17) is 9.84 Å². The average molecular weight is 277 g/mol. The number of nitrogens with one attached hydrogen (secondary N) is 1. The van der Waals surface area contributed by atoms with Gasteiger partial charge in [0, 0.05) is 0 Å². The molecule has 2 rings (SSSR count). The molecule has 0 radical (unpaired) electrons. The van der Waals surface area contributed by atoms with Gasteiger partial charge in [-0.05, 0) is 6.92 Å². The smallest absolute Gasteiger partial charge is 0.414 e. The first-order valence-electron chi connectivity index (χ1n) is 5.53. The normalized spacial score (nSPS) is 10.2. The molecule has 1 amide bonds. The number of aryl methyl sites for hydroxylation is 1. The number of anilines is 1. The number of carbonyl (C=O) groups excluding carboxylic acids is 1. The van der Waals surface area contributed by atoms with E-state index in [2.05, 4.69) is 27.0 Å². The van der Waals surface area contributed by atoms with Crippen LogP contribution in [0.15, 0.2) is 19.0 Å². The number of carboxylic acid groups (broad SMARTS) is 1. The number of aromatic nitrogens is 4. The second kappa shape index (κ2) is 5.34. The van der Waals surface area contributed by atoms with Crippen LogP contribution in [-0.2, 0) is 4.74 Å². The molecule has 2 aromatic rings. The van der Waals surface area contributed by atoms with Crippen LogP contribution >= 0.6 is 0 Å². The Bertz CT molecular complexity index is 693. The van der Waals surface area contributed by atoms with Gasteiger partial charge in [-0.3, -0.25) is 5.32 Å². The summed E-state index contributed by atoms with van der Waals surface area (Å²) in [6.45, 7) is 4.98. The topological polar surface area (TPSA) is 119 Å². The summed E-state index contributed by atoms with van der Waals surface area (Å²) in [4.78, 5) is 30.3. The lowest BCUT2D eigenvalue weighted by atomic mass is 10.2. The third kappa shape index (κ3) is 2.41. The molecule has 2 N–H and O–H groups in total. The number of ether oxygens (including phenoxy) is 1. The van der Waals surface area contributed by atoms with Gasteiger partial charge in [0.25, 0.3) is 0 Å². The van der Waals surface area contributed by atoms with E-state index in [1.807, 2.05) is 0 Å². The zero-order chi connectivity index (χ0) is 14.7. The van der Waals surface area contributed by atoms with E-state index in [0.29, 0.717) is 0 Å². The van der Waals surface area contributed by atoms with E-state index in [1.165, 1.54) is 13.0 Å². The monoisotopic (exact) mass is 277 g/mol. The largest absolute Gasteiger partial charge is 0.477 e. The van der Waals surface area contributed by atoms with Crippen LogP contribution in [0, 0.1) is 6.92 Å². The quantitative estimate of drug-likeness (QED) is 0.795. The lowest BCUT2D eigenvalue weighted by Crippen LogP contribution is -2.17. The number of hydrogen-bond acceptors (Lipinski definition) is 6. The Labute approximate surface area is 112 Å². The molecule has 9 nitrogen and oxygen atoms in total. The van der Waals surface area contributed by atoms with Crippen LogP contribution in [0.25, 0.3) is 5.65 Å². The molecule has 0 atom stereocenters. The second-order valence-corrected chi connectivity index (χ2v) is 3.71. The Balaban J connectivity index is 2.40. The molecule has 0 saturated heterocycles. The number of rotatable bonds is 4. The number of nitrogens with zero attached hydrogens (tertiary/aromatic N) is 4. The molecule has 2 aromatic heterocycles. The fourth-order valence-electron chi connectivity index (χ4n) is 1.57. The molecular weight excluding hydrogens is 266 g/mol. The Morgan fingerprint density at radius 2 is 2.30 bits per heavy atom. The molecule has 9 heteroatoms. The predicted octanol–water partition coefficient (Wildman–Crippen LogP) is 0.865. The Kier molecular flexibility index (Phi) is 3.60. The highest BCUT2D eigenvalue weighted by atomic mass is 16.5. The van der Waals surface area contributed by atoms with Gasteiger partial charge >= 0.3 is 12.1 Å². The lowest BCUT2D eigenvalue weighted by molar-refractivity contribution is 0.0698. The van der Waals surface area contributed by atoms with Crippen LogP contribution in [0.2, 0.25) is 0 Å². The van der Waals surface area contributed by atoms with E-state index in [0.717, 1.165) is 10.8 Å². The summed E-state index contributed by atoms with van der Waals surface area (Å²) >= 11 is 0. The van der Waals surface area contributed by atoms with E-state index >= 15 is 0 Å². The summed E-state index contributed by atoms with van der Waals surface area (Å²) in [5, 5.41) is 15.4. The summed E-state index contributed by atoms with van der Waals surface area (Å²) < 4.78 is 5.88. The molecule has 104 valence electrons. The van der Waals surface area contributed by atoms with Gasteiger partial charge in [-0.25, -0.2) is 19.6 Å². The van der Waals surface area contributed by atoms with Crippen molar-refractivity contribution in [1.29, 1.82) is 0 Å². The van der Waals surface area contributed by atoms with Crippen LogP contribution in [0.3, 0.4) is 0 Å². The molecular formula is C11H11N5O4. The van der Waals surface area contributed by atoms with Gasteiger partial charge in [0.1, 0.15) is 18.5 Å². The lowest BCUT2D eigenvalue weighted by Gasteiger charge is -2.05. The van der Waals surface area contributed by atoms with Gasteiger partial charge in [0.15, 0.2) is 5.65 Å². The second-order valence-electron chi connectivity index (χ2n) is 3.71. The molecule has 0 fully saturated rings. The van der Waals surface area contributed by atoms with E-state index in [1.54, 1.807) is 0 Å². The SMILES string of the molecule is C=CCOC(=O)Nc1ncnc2c(C(=O)O)c(C)nn12. The van der Waals surface area contributed by atoms with E-state index in [9.17, 15) is 9.59 Å². The molecule has 0 aliphatic heterocycles. The third-order valence-electron chi connectivity index (χ3n) is 2.36. The molecule has 0 spiro atoms. The first-order valence-corrected chi connectivity index (χ1v) is 5.53. The van der Waals surface area contributed by atoms with Crippen molar-refractivity contribution in [2.45, 2.75) is 6.92 Å². The summed E-state index contributed by atoms with van der Waals surface area (Å²) in [5.41, 5.74) is 0.305. The van der Waals surface area contributed by atoms with Gasteiger partial charge in [-0.1, -0.05) is 12.7 Å². The zero-order valence-corrected chi connectivity index (χ0v) is 10.5. The summed E-state index contributed by atoms with van der Waals surface area (Å²) in [6, 6.07) is 0. The van der Waals surface area contributed by atoms with Gasteiger partial charge in [0.05, 0.1) is 5.69 Å². The average Bonchev–Trinajstić information content (AvgIpc) is 2.73. The minimum atomic E-state index is -1.16. The highest BCUT2D eigenvalue weighted by Gasteiger charge is 2.20. The molecule has 0 unspecified atom stereocenters. The Hall–Kier alpha value is -2.97. The molecule has 0 saturated carbocycles. The van der Waals surface area contributed by atoms with Crippen molar-refractivity contribution < 1.29 is 19.4 Å². The standard InChI is InChI=1S/C11H11N5O4/c1-3-4-20-11(19)14-10-13-5-12-8-7(9(17)18)6(2)15-16(8)10/h3,5H,1,4H2,2H3,(H,17,18)(H,12,13,14,19). The van der Waals surface area contributed by atoms with Crippen molar-refractivity contribution in [3.63, 3.8) is 0 Å². The first-order chi connectivity index (χ1) is 9.54. The van der Waals surface area contributed by atoms with Crippen LogP contribution in [0.1, 0.15) is 16.1 Å². The molecule has 0 aromatic carbocycles. The van der Waals surface area contributed by atoms with Crippen molar-refractivity contribution in [2.75, 3.05) is 11.9 Å². The summed E-state index contributed by atoms with van der Waals surface area (Å²) in [5.74, 6) is -1.14. The number of carbonyl (C=O) groups is 2. The zero-order valence-electron chi connectivity index (χ0n) is 10.5. The van der Waals surface area contributed by atoms with Crippen molar-refractivity contribution >= 4 is 23.7 Å². The highest BCUT2D eigenvalue weighted by Crippen LogP contribution is 2.15. The van der Waals surface area contributed by atoms with Crippen molar-refractivity contribution in [1.82, 2.24) is 19.6 Å². The maximum Gasteiger partial charge on any atom is 0.414 e. The minimum absolute atomic E-state index is 0.0136. The number of carboxylic acids is 1. The highest BCUT2D eigenvalue weighted by molar-refractivity contribution is 5.96. The van der Waals surface area contributed by atoms with Gasteiger partial charge in [0.2, 0.25) is 5.95 Å². The fourth-order valence-corrected chi connectivity index (χ4v) is 1.57. The van der Waals surface area contributed by atoms with Crippen molar-refractivity contribution in [3.8, 4) is 0 Å². The minimum Gasteiger partial charge on any atom is -0.477 e. The molecule has 0 aliphatic carbocycles. The van der Waals surface area contributed by atoms with Crippen molar-refractivity contribution in [2.24, 2.45) is 0 Å². The molecule has 0 aliphatic rings. The van der Waals surface area contributed by atoms with Gasteiger partial charge in [-0.2, -0.15) is 9.61 Å². The summed E-state index contributed by atoms with van der Waals surface area (Å²) in [6.07, 6.45) is 1.79. The summed E-state index contributed by atoms with van der Waals surface area (Å²) in [7, 11) is 0. The predicted molar refractivity (Wildman–Crippen MR) is 67.6 cm³/mol. The molecule has 20 heavy (non-hydrogen) atoms.